The fourth-order valence-electron chi connectivity index (χ4n) is 1.84. The highest BCUT2D eigenvalue weighted by atomic mass is 35.5. The van der Waals surface area contributed by atoms with Crippen LogP contribution in [0.15, 0.2) is 36.4 Å². The van der Waals surface area contributed by atoms with Gasteiger partial charge in [-0.15, -0.1) is 0 Å². The van der Waals surface area contributed by atoms with Crippen LogP contribution < -0.4 is 10.1 Å². The number of methoxy groups -OCH3 is 1. The smallest absolute Gasteiger partial charge is 0.255 e. The number of carbonyl (C=O) groups excluding carboxylic acids is 1. The fourth-order valence-corrected chi connectivity index (χ4v) is 1.96. The Bertz CT molecular complexity index is 736. The number of halogens is 1. The molecule has 1 amide bonds. The largest absolute Gasteiger partial charge is 0.495 e. The summed E-state index contributed by atoms with van der Waals surface area (Å²) in [6, 6.07) is 11.9. The van der Waals surface area contributed by atoms with E-state index < -0.39 is 0 Å². The summed E-state index contributed by atoms with van der Waals surface area (Å²) in [7, 11) is 1.48. The molecule has 0 heterocycles. The molecule has 5 heteroatoms. The van der Waals surface area contributed by atoms with Gasteiger partial charge in [0.2, 0.25) is 0 Å². The lowest BCUT2D eigenvalue weighted by molar-refractivity contribution is 0.102. The summed E-state index contributed by atoms with van der Waals surface area (Å²) in [5, 5.41) is 12.2. The van der Waals surface area contributed by atoms with Crippen LogP contribution in [0.5, 0.6) is 5.75 Å². The molecule has 2 aromatic carbocycles. The summed E-state index contributed by atoms with van der Waals surface area (Å²) in [4.78, 5) is 12.2. The van der Waals surface area contributed by atoms with Crippen molar-refractivity contribution in [3.8, 4) is 11.8 Å². The highest BCUT2D eigenvalue weighted by molar-refractivity contribution is 6.31. The standard InChI is InChI=1S/C16H13ClN2O2/c1-10-7-12(4-5-13(10)17)16(20)19-14-6-3-11(9-18)8-15(14)21-2/h3-8H,1-2H3,(H,19,20). The maximum Gasteiger partial charge on any atom is 0.255 e. The SMILES string of the molecule is COc1cc(C#N)ccc1NC(=O)c1ccc(Cl)c(C)c1. The second kappa shape index (κ2) is 6.29. The summed E-state index contributed by atoms with van der Waals surface area (Å²) >= 11 is 5.94. The third-order valence-corrected chi connectivity index (χ3v) is 3.42. The Balaban J connectivity index is 2.27. The lowest BCUT2D eigenvalue weighted by Crippen LogP contribution is -2.12. The molecule has 0 spiro atoms. The molecule has 0 aliphatic carbocycles. The first-order valence-corrected chi connectivity index (χ1v) is 6.58. The monoisotopic (exact) mass is 300 g/mol. The number of benzene rings is 2. The molecule has 0 bridgehead atoms. The number of hydrogen-bond donors (Lipinski definition) is 1. The number of carbonyl (C=O) groups is 1. The minimum Gasteiger partial charge on any atom is -0.495 e. The van der Waals surface area contributed by atoms with Gasteiger partial charge in [0.15, 0.2) is 0 Å². The number of nitrogens with zero attached hydrogens (tertiary/aromatic N) is 1. The number of aryl methyl sites for hydroxylation is 1. The van der Waals surface area contributed by atoms with Gasteiger partial charge in [-0.1, -0.05) is 11.6 Å². The van der Waals surface area contributed by atoms with E-state index in [1.165, 1.54) is 7.11 Å². The zero-order valence-electron chi connectivity index (χ0n) is 11.6. The van der Waals surface area contributed by atoms with Gasteiger partial charge >= 0.3 is 0 Å². The summed E-state index contributed by atoms with van der Waals surface area (Å²) < 4.78 is 5.18. The van der Waals surface area contributed by atoms with Crippen molar-refractivity contribution in [3.63, 3.8) is 0 Å². The minimum absolute atomic E-state index is 0.266. The molecule has 2 rings (SSSR count). The van der Waals surface area contributed by atoms with E-state index in [4.69, 9.17) is 21.6 Å². The van der Waals surface area contributed by atoms with Gasteiger partial charge in [0.25, 0.3) is 5.91 Å². The van der Waals surface area contributed by atoms with Gasteiger partial charge in [0, 0.05) is 16.7 Å². The molecule has 0 saturated carbocycles. The van der Waals surface area contributed by atoms with Gasteiger partial charge in [-0.25, -0.2) is 0 Å². The molecule has 0 atom stereocenters. The van der Waals surface area contributed by atoms with Gasteiger partial charge in [-0.2, -0.15) is 5.26 Å². The zero-order valence-corrected chi connectivity index (χ0v) is 12.4. The molecule has 0 aromatic heterocycles. The van der Waals surface area contributed by atoms with Gasteiger partial charge in [0.05, 0.1) is 24.4 Å². The first-order valence-electron chi connectivity index (χ1n) is 6.21. The van der Waals surface area contributed by atoms with Crippen LogP contribution in [0.3, 0.4) is 0 Å². The number of nitrogens with one attached hydrogen (secondary N) is 1. The summed E-state index contributed by atoms with van der Waals surface area (Å²) in [5.74, 6) is 0.172. The van der Waals surface area contributed by atoms with Gasteiger partial charge in [-0.05, 0) is 42.8 Å². The van der Waals surface area contributed by atoms with Crippen LogP contribution in [0.4, 0.5) is 5.69 Å². The zero-order chi connectivity index (χ0) is 15.4. The van der Waals surface area contributed by atoms with E-state index in [1.54, 1.807) is 36.4 Å². The molecule has 2 aromatic rings. The minimum atomic E-state index is -0.266. The van der Waals surface area contributed by atoms with Crippen LogP contribution in [-0.2, 0) is 0 Å². The number of amides is 1. The third kappa shape index (κ3) is 3.33. The maximum atomic E-state index is 12.2. The Labute approximate surface area is 127 Å². The number of rotatable bonds is 3. The van der Waals surface area contributed by atoms with Crippen LogP contribution in [0.1, 0.15) is 21.5 Å². The molecule has 0 unspecified atom stereocenters. The van der Waals surface area contributed by atoms with E-state index in [2.05, 4.69) is 5.32 Å². The predicted molar refractivity (Wildman–Crippen MR) is 81.9 cm³/mol. The van der Waals surface area contributed by atoms with E-state index in [9.17, 15) is 4.79 Å². The van der Waals surface area contributed by atoms with E-state index in [-0.39, 0.29) is 5.91 Å². The van der Waals surface area contributed by atoms with E-state index in [0.717, 1.165) is 5.56 Å². The molecule has 1 N–H and O–H groups in total. The molecule has 0 aliphatic rings. The lowest BCUT2D eigenvalue weighted by atomic mass is 10.1. The highest BCUT2D eigenvalue weighted by Crippen LogP contribution is 2.26. The van der Waals surface area contributed by atoms with Gasteiger partial charge < -0.3 is 10.1 Å². The van der Waals surface area contributed by atoms with Crippen molar-refractivity contribution in [3.05, 3.63) is 58.1 Å². The number of nitriles is 1. The average molecular weight is 301 g/mol. The fraction of sp³-hybridized carbons (Fsp3) is 0.125. The molecular weight excluding hydrogens is 288 g/mol. The maximum absolute atomic E-state index is 12.2. The van der Waals surface area contributed by atoms with Crippen LogP contribution in [0, 0.1) is 18.3 Å². The van der Waals surface area contributed by atoms with Crippen molar-refractivity contribution in [2.75, 3.05) is 12.4 Å². The first kappa shape index (κ1) is 14.9. The molecule has 21 heavy (non-hydrogen) atoms. The van der Waals surface area contributed by atoms with Crippen molar-refractivity contribution in [1.29, 1.82) is 5.26 Å². The quantitative estimate of drug-likeness (QED) is 0.938. The Morgan fingerprint density at radius 3 is 2.67 bits per heavy atom. The molecular formula is C16H13ClN2O2. The van der Waals surface area contributed by atoms with Crippen LogP contribution in [-0.4, -0.2) is 13.0 Å². The average Bonchev–Trinajstić information content (AvgIpc) is 2.50. The van der Waals surface area contributed by atoms with Crippen molar-refractivity contribution >= 4 is 23.2 Å². The van der Waals surface area contributed by atoms with Gasteiger partial charge in [-0.3, -0.25) is 4.79 Å². The lowest BCUT2D eigenvalue weighted by Gasteiger charge is -2.11. The topological polar surface area (TPSA) is 62.1 Å². The number of hydrogen-bond acceptors (Lipinski definition) is 3. The number of ether oxygens (including phenoxy) is 1. The molecule has 0 aliphatic heterocycles. The Hall–Kier alpha value is -2.51. The molecule has 0 radical (unpaired) electrons. The van der Waals surface area contributed by atoms with Crippen LogP contribution >= 0.6 is 11.6 Å². The molecule has 4 nitrogen and oxygen atoms in total. The summed E-state index contributed by atoms with van der Waals surface area (Å²) in [6.45, 7) is 1.83. The van der Waals surface area contributed by atoms with E-state index >= 15 is 0 Å². The Morgan fingerprint density at radius 1 is 1.29 bits per heavy atom. The van der Waals surface area contributed by atoms with Gasteiger partial charge in [0.1, 0.15) is 5.75 Å². The molecule has 0 fully saturated rings. The van der Waals surface area contributed by atoms with Crippen molar-refractivity contribution < 1.29 is 9.53 Å². The predicted octanol–water partition coefficient (Wildman–Crippen LogP) is 3.78. The highest BCUT2D eigenvalue weighted by Gasteiger charge is 2.11. The second-order valence-corrected chi connectivity index (χ2v) is 4.85. The van der Waals surface area contributed by atoms with Crippen LogP contribution in [0.2, 0.25) is 5.02 Å². The van der Waals surface area contributed by atoms with Crippen molar-refractivity contribution in [2.24, 2.45) is 0 Å². The van der Waals surface area contributed by atoms with E-state index in [1.807, 2.05) is 13.0 Å². The van der Waals surface area contributed by atoms with Crippen LogP contribution in [0.25, 0.3) is 0 Å². The molecule has 106 valence electrons. The first-order chi connectivity index (χ1) is 10.0. The molecule has 0 saturated heterocycles. The number of anilines is 1. The third-order valence-electron chi connectivity index (χ3n) is 3.00. The Morgan fingerprint density at radius 2 is 2.05 bits per heavy atom. The second-order valence-electron chi connectivity index (χ2n) is 4.44. The Kier molecular flexibility index (Phi) is 4.46. The van der Waals surface area contributed by atoms with E-state index in [0.29, 0.717) is 27.6 Å². The summed E-state index contributed by atoms with van der Waals surface area (Å²) in [6.07, 6.45) is 0. The normalized spacial score (nSPS) is 9.81. The van der Waals surface area contributed by atoms with Crippen molar-refractivity contribution in [1.82, 2.24) is 0 Å². The van der Waals surface area contributed by atoms with Crippen molar-refractivity contribution in [2.45, 2.75) is 6.92 Å². The summed E-state index contributed by atoms with van der Waals surface area (Å²) in [5.41, 5.74) is 2.31.